The highest BCUT2D eigenvalue weighted by molar-refractivity contribution is 6.90. The monoisotopic (exact) mass is 584 g/mol. The molecule has 0 atom stereocenters. The quantitative estimate of drug-likeness (QED) is 0.0877. The van der Waals surface area contributed by atoms with Gasteiger partial charge in [0.1, 0.15) is 5.52 Å². The van der Waals surface area contributed by atoms with E-state index < -0.39 is 8.07 Å². The van der Waals surface area contributed by atoms with E-state index in [1.807, 2.05) is 6.33 Å². The smallest absolute Gasteiger partial charge is 0.287 e. The normalized spacial score (nSPS) is 13.7. The summed E-state index contributed by atoms with van der Waals surface area (Å²) in [6.45, 7) is 23.9. The van der Waals surface area contributed by atoms with Crippen molar-refractivity contribution in [2.45, 2.75) is 80.9 Å². The van der Waals surface area contributed by atoms with Crippen molar-refractivity contribution in [3.63, 3.8) is 0 Å². The number of pyridine rings is 1. The average molecular weight is 585 g/mol. The zero-order valence-electron chi connectivity index (χ0n) is 28.0. The van der Waals surface area contributed by atoms with Crippen LogP contribution in [0.5, 0.6) is 0 Å². The third-order valence-electron chi connectivity index (χ3n) is 9.31. The fourth-order valence-corrected chi connectivity index (χ4v) is 9.36. The van der Waals surface area contributed by atoms with Crippen LogP contribution in [0.1, 0.15) is 58.2 Å². The molecule has 0 saturated carbocycles. The third kappa shape index (κ3) is 4.28. The standard InChI is InChI=1S/C39H46N3Si/c1-23-27-19-24(20-38(2,3)4)15-16-25(27)28(21-39(5,6)7)36-32(23)37-34-29(40-22-41(37)8)18-17-26-33-30(42(36)35(26)34)13-12-14-31(33)43(9,10)11/h12-19,22H,20-21H2,1-11H3/q+1. The SMILES string of the molecule is Cc1c2cc(CC(C)(C)C)ccc2c(CC(C)(C)C)c2c1c1c3c(ccc4c5c([Si](C)(C)C)cccc5n2c43)nc[n+]1C. The molecule has 0 aliphatic carbocycles. The van der Waals surface area contributed by atoms with Gasteiger partial charge in [-0.1, -0.05) is 96.7 Å². The summed E-state index contributed by atoms with van der Waals surface area (Å²) >= 11 is 0. The summed E-state index contributed by atoms with van der Waals surface area (Å²) in [6.07, 6.45) is 4.08. The van der Waals surface area contributed by atoms with Gasteiger partial charge in [0.15, 0.2) is 5.52 Å². The molecule has 4 aromatic carbocycles. The van der Waals surface area contributed by atoms with Gasteiger partial charge in [-0.25, -0.2) is 4.57 Å². The minimum absolute atomic E-state index is 0.123. The number of nitrogens with zero attached hydrogens (tertiary/aromatic N) is 3. The van der Waals surface area contributed by atoms with Crippen LogP contribution in [-0.4, -0.2) is 17.5 Å². The highest BCUT2D eigenvalue weighted by Gasteiger charge is 2.30. The maximum atomic E-state index is 4.97. The average Bonchev–Trinajstić information content (AvgIpc) is 3.24. The zero-order valence-corrected chi connectivity index (χ0v) is 29.0. The molecule has 3 aromatic heterocycles. The van der Waals surface area contributed by atoms with Crippen molar-refractivity contribution >= 4 is 73.2 Å². The van der Waals surface area contributed by atoms with Gasteiger partial charge in [-0.05, 0) is 81.2 Å². The van der Waals surface area contributed by atoms with Gasteiger partial charge in [-0.2, -0.15) is 0 Å². The molecule has 0 fully saturated rings. The Morgan fingerprint density at radius 3 is 2.14 bits per heavy atom. The van der Waals surface area contributed by atoms with E-state index in [1.165, 1.54) is 76.3 Å². The van der Waals surface area contributed by atoms with Crippen molar-refractivity contribution in [1.29, 1.82) is 0 Å². The molecule has 0 unspecified atom stereocenters. The molecular formula is C39H46N3Si+. The van der Waals surface area contributed by atoms with Gasteiger partial charge in [0.2, 0.25) is 0 Å². The van der Waals surface area contributed by atoms with Crippen LogP contribution in [0, 0.1) is 17.8 Å². The van der Waals surface area contributed by atoms with Gasteiger partial charge in [-0.3, -0.25) is 0 Å². The van der Waals surface area contributed by atoms with Crippen LogP contribution in [-0.2, 0) is 19.9 Å². The van der Waals surface area contributed by atoms with Crippen LogP contribution < -0.4 is 9.75 Å². The molecule has 0 bridgehead atoms. The Bertz CT molecular complexity index is 2250. The zero-order chi connectivity index (χ0) is 30.8. The van der Waals surface area contributed by atoms with Gasteiger partial charge in [-0.15, -0.1) is 0 Å². The molecule has 0 aliphatic rings. The second-order valence-electron chi connectivity index (χ2n) is 16.5. The molecule has 7 aromatic rings. The topological polar surface area (TPSA) is 21.2 Å². The molecule has 0 aliphatic heterocycles. The molecular weight excluding hydrogens is 539 g/mol. The van der Waals surface area contributed by atoms with E-state index >= 15 is 0 Å². The minimum Gasteiger partial charge on any atom is -0.307 e. The first-order valence-electron chi connectivity index (χ1n) is 15.9. The van der Waals surface area contributed by atoms with Crippen molar-refractivity contribution in [1.82, 2.24) is 9.38 Å². The molecule has 3 heterocycles. The number of aromatic nitrogens is 3. The van der Waals surface area contributed by atoms with E-state index in [9.17, 15) is 0 Å². The van der Waals surface area contributed by atoms with Crippen molar-refractivity contribution in [3.8, 4) is 0 Å². The Morgan fingerprint density at radius 1 is 0.767 bits per heavy atom. The molecule has 7 rings (SSSR count). The number of rotatable bonds is 3. The first kappa shape index (κ1) is 28.3. The molecule has 3 nitrogen and oxygen atoms in total. The number of benzene rings is 4. The first-order chi connectivity index (χ1) is 20.0. The maximum Gasteiger partial charge on any atom is 0.287 e. The van der Waals surface area contributed by atoms with Gasteiger partial charge in [0, 0.05) is 10.8 Å². The number of hydrogen-bond donors (Lipinski definition) is 0. The van der Waals surface area contributed by atoms with E-state index in [0.29, 0.717) is 0 Å². The Kier molecular flexibility index (Phi) is 5.93. The molecule has 0 spiro atoms. The Morgan fingerprint density at radius 2 is 1.47 bits per heavy atom. The molecule has 0 saturated heterocycles. The summed E-state index contributed by atoms with van der Waals surface area (Å²) in [5.74, 6) is 0. The second kappa shape index (κ2) is 9.01. The van der Waals surface area contributed by atoms with Gasteiger partial charge >= 0.3 is 0 Å². The summed E-state index contributed by atoms with van der Waals surface area (Å²) < 4.78 is 4.93. The number of fused-ring (bicyclic) bond motifs is 7. The lowest BCUT2D eigenvalue weighted by atomic mass is 9.82. The summed E-state index contributed by atoms with van der Waals surface area (Å²) in [4.78, 5) is 4.97. The van der Waals surface area contributed by atoms with E-state index in [1.54, 1.807) is 0 Å². The lowest BCUT2D eigenvalue weighted by molar-refractivity contribution is -0.646. The Hall–Kier alpha value is -3.50. The fourth-order valence-electron chi connectivity index (χ4n) is 7.75. The van der Waals surface area contributed by atoms with Crippen molar-refractivity contribution in [2.24, 2.45) is 17.9 Å². The van der Waals surface area contributed by atoms with Crippen LogP contribution in [0.2, 0.25) is 19.6 Å². The molecule has 4 heteroatoms. The van der Waals surface area contributed by atoms with Gasteiger partial charge in [0.05, 0.1) is 42.4 Å². The summed E-state index contributed by atoms with van der Waals surface area (Å²) in [7, 11) is 0.546. The highest BCUT2D eigenvalue weighted by Crippen LogP contribution is 2.45. The Labute approximate surface area is 256 Å². The lowest BCUT2D eigenvalue weighted by Crippen LogP contribution is -2.37. The first-order valence-corrected chi connectivity index (χ1v) is 19.4. The van der Waals surface area contributed by atoms with Crippen LogP contribution in [0.4, 0.5) is 0 Å². The molecule has 0 N–H and O–H groups in total. The van der Waals surface area contributed by atoms with Crippen LogP contribution >= 0.6 is 0 Å². The predicted molar refractivity (Wildman–Crippen MR) is 189 cm³/mol. The van der Waals surface area contributed by atoms with Crippen molar-refractivity contribution < 1.29 is 4.57 Å². The van der Waals surface area contributed by atoms with Gasteiger partial charge in [0.25, 0.3) is 6.33 Å². The van der Waals surface area contributed by atoms with E-state index in [-0.39, 0.29) is 10.8 Å². The van der Waals surface area contributed by atoms with E-state index in [4.69, 9.17) is 4.98 Å². The van der Waals surface area contributed by atoms with E-state index in [2.05, 4.69) is 133 Å². The van der Waals surface area contributed by atoms with Crippen LogP contribution in [0.15, 0.2) is 54.9 Å². The summed E-state index contributed by atoms with van der Waals surface area (Å²) in [6, 6.07) is 19.0. The fraction of sp³-hybridized carbons (Fsp3) is 0.385. The summed E-state index contributed by atoms with van der Waals surface area (Å²) in [5.41, 5.74) is 11.0. The third-order valence-corrected chi connectivity index (χ3v) is 11.3. The van der Waals surface area contributed by atoms with Gasteiger partial charge < -0.3 is 4.40 Å². The molecule has 0 amide bonds. The number of aryl methyl sites for hydroxylation is 2. The van der Waals surface area contributed by atoms with Crippen molar-refractivity contribution in [3.05, 3.63) is 71.5 Å². The molecule has 220 valence electrons. The highest BCUT2D eigenvalue weighted by atomic mass is 28.3. The number of hydrogen-bond acceptors (Lipinski definition) is 1. The second-order valence-corrected chi connectivity index (χ2v) is 21.6. The largest absolute Gasteiger partial charge is 0.307 e. The van der Waals surface area contributed by atoms with Crippen LogP contribution in [0.25, 0.3) is 59.9 Å². The van der Waals surface area contributed by atoms with Crippen molar-refractivity contribution in [2.75, 3.05) is 0 Å². The maximum absolute atomic E-state index is 4.97. The Balaban J connectivity index is 1.83. The molecule has 43 heavy (non-hydrogen) atoms. The van der Waals surface area contributed by atoms with Crippen LogP contribution in [0.3, 0.4) is 0 Å². The summed E-state index contributed by atoms with van der Waals surface area (Å²) in [5, 5.41) is 9.76. The minimum atomic E-state index is -1.63. The molecule has 0 radical (unpaired) electrons. The lowest BCUT2D eigenvalue weighted by Gasteiger charge is -2.25. The van der Waals surface area contributed by atoms with E-state index in [0.717, 1.165) is 18.4 Å². The predicted octanol–water partition coefficient (Wildman–Crippen LogP) is 9.39.